The molecule has 0 heterocycles. The molecule has 10 nitrogen and oxygen atoms in total. The number of nitro benzene ring substituents is 1. The van der Waals surface area contributed by atoms with Crippen molar-refractivity contribution < 1.29 is 31.9 Å². The van der Waals surface area contributed by atoms with Crippen LogP contribution in [0.4, 0.5) is 5.69 Å². The van der Waals surface area contributed by atoms with Crippen LogP contribution in [0.15, 0.2) is 53.4 Å². The van der Waals surface area contributed by atoms with Gasteiger partial charge in [0.05, 0.1) is 11.0 Å². The van der Waals surface area contributed by atoms with Gasteiger partial charge in [0.25, 0.3) is 11.6 Å². The van der Waals surface area contributed by atoms with E-state index in [2.05, 4.69) is 5.32 Å². The summed E-state index contributed by atoms with van der Waals surface area (Å²) in [5, 5.41) is 13.2. The van der Waals surface area contributed by atoms with E-state index in [0.29, 0.717) is 0 Å². The zero-order valence-corrected chi connectivity index (χ0v) is 16.3. The Kier molecular flexibility index (Phi) is 6.89. The molecule has 0 spiro atoms. The van der Waals surface area contributed by atoms with Crippen LogP contribution in [-0.2, 0) is 19.6 Å². The van der Waals surface area contributed by atoms with E-state index in [0.717, 1.165) is 12.1 Å². The molecule has 2 rings (SSSR count). The number of nitrogens with zero attached hydrogens (tertiary/aromatic N) is 1. The van der Waals surface area contributed by atoms with Crippen molar-refractivity contribution in [1.29, 1.82) is 0 Å². The van der Waals surface area contributed by atoms with Crippen molar-refractivity contribution in [1.82, 2.24) is 5.32 Å². The number of rotatable bonds is 8. The van der Waals surface area contributed by atoms with Gasteiger partial charge in [-0.05, 0) is 44.2 Å². The number of carbonyl (C=O) groups is 2. The van der Waals surface area contributed by atoms with Crippen molar-refractivity contribution in [3.63, 3.8) is 0 Å². The smallest absolute Gasteiger partial charge is 0.339 e. The number of nitrogens with one attached hydrogen (secondary N) is 1. The van der Waals surface area contributed by atoms with Crippen LogP contribution in [0.5, 0.6) is 5.75 Å². The molecule has 0 atom stereocenters. The number of benzene rings is 2. The number of nitro groups is 1. The number of esters is 1. The van der Waals surface area contributed by atoms with Gasteiger partial charge in [0, 0.05) is 17.7 Å². The summed E-state index contributed by atoms with van der Waals surface area (Å²) < 4.78 is 34.4. The van der Waals surface area contributed by atoms with Crippen LogP contribution in [-0.4, -0.2) is 37.9 Å². The summed E-state index contributed by atoms with van der Waals surface area (Å²) in [7, 11) is -4.30. The third-order valence-electron chi connectivity index (χ3n) is 3.40. The van der Waals surface area contributed by atoms with E-state index in [1.165, 1.54) is 36.4 Å². The molecule has 2 aromatic rings. The topological polar surface area (TPSA) is 142 Å². The summed E-state index contributed by atoms with van der Waals surface area (Å²) in [4.78, 5) is 33.1. The van der Waals surface area contributed by atoms with Gasteiger partial charge in [-0.2, -0.15) is 8.42 Å². The normalized spacial score (nSPS) is 11.0. The lowest BCUT2D eigenvalue weighted by Crippen LogP contribution is -2.31. The lowest BCUT2D eigenvalue weighted by molar-refractivity contribution is -0.385. The van der Waals surface area contributed by atoms with E-state index < -0.39 is 32.6 Å². The monoisotopic (exact) mass is 422 g/mol. The van der Waals surface area contributed by atoms with Gasteiger partial charge < -0.3 is 14.2 Å². The SMILES string of the molecule is CC(C)OC(=O)CNC(=O)c1ccc(OS(=O)(=O)c2cccc([N+](=O)[O-])c2)cc1. The molecule has 0 radical (unpaired) electrons. The number of carbonyl (C=O) groups excluding carboxylic acids is 2. The van der Waals surface area contributed by atoms with Crippen molar-refractivity contribution >= 4 is 27.7 Å². The lowest BCUT2D eigenvalue weighted by Gasteiger charge is -2.10. The van der Waals surface area contributed by atoms with Crippen molar-refractivity contribution in [2.45, 2.75) is 24.8 Å². The highest BCUT2D eigenvalue weighted by Gasteiger charge is 2.20. The summed E-state index contributed by atoms with van der Waals surface area (Å²) in [6.07, 6.45) is -0.302. The summed E-state index contributed by atoms with van der Waals surface area (Å²) in [5.74, 6) is -1.23. The van der Waals surface area contributed by atoms with E-state index in [1.807, 2.05) is 0 Å². The molecule has 1 amide bonds. The van der Waals surface area contributed by atoms with Crippen LogP contribution in [0, 0.1) is 10.1 Å². The molecule has 1 N–H and O–H groups in total. The number of amides is 1. The molecule has 11 heteroatoms. The number of hydrogen-bond donors (Lipinski definition) is 1. The highest BCUT2D eigenvalue weighted by Crippen LogP contribution is 2.22. The van der Waals surface area contributed by atoms with Gasteiger partial charge in [0.15, 0.2) is 0 Å². The van der Waals surface area contributed by atoms with Crippen molar-refractivity contribution in [2.75, 3.05) is 6.54 Å². The molecular formula is C18H18N2O8S. The van der Waals surface area contributed by atoms with E-state index in [-0.39, 0.29) is 28.9 Å². The second-order valence-electron chi connectivity index (χ2n) is 6.04. The summed E-state index contributed by atoms with van der Waals surface area (Å²) in [6, 6.07) is 9.54. The highest BCUT2D eigenvalue weighted by atomic mass is 32.2. The fourth-order valence-electron chi connectivity index (χ4n) is 2.15. The van der Waals surface area contributed by atoms with Crippen LogP contribution in [0.3, 0.4) is 0 Å². The average Bonchev–Trinajstić information content (AvgIpc) is 2.66. The van der Waals surface area contributed by atoms with Crippen LogP contribution in [0.1, 0.15) is 24.2 Å². The molecule has 0 aliphatic rings. The second-order valence-corrected chi connectivity index (χ2v) is 7.58. The van der Waals surface area contributed by atoms with Crippen LogP contribution < -0.4 is 9.50 Å². The van der Waals surface area contributed by atoms with Crippen LogP contribution in [0.25, 0.3) is 0 Å². The second kappa shape index (κ2) is 9.15. The Morgan fingerprint density at radius 3 is 2.38 bits per heavy atom. The Morgan fingerprint density at radius 1 is 1.14 bits per heavy atom. The number of non-ortho nitro benzene ring substituents is 1. The van der Waals surface area contributed by atoms with Gasteiger partial charge in [0.1, 0.15) is 17.2 Å². The molecule has 0 unspecified atom stereocenters. The first-order chi connectivity index (χ1) is 13.6. The minimum absolute atomic E-state index is 0.0905. The van der Waals surface area contributed by atoms with Gasteiger partial charge in [-0.3, -0.25) is 19.7 Å². The molecule has 2 aromatic carbocycles. The first kappa shape index (κ1) is 21.8. The quantitative estimate of drug-likeness (QED) is 0.295. The van der Waals surface area contributed by atoms with Gasteiger partial charge >= 0.3 is 16.1 Å². The first-order valence-corrected chi connectivity index (χ1v) is 9.76. The van der Waals surface area contributed by atoms with Gasteiger partial charge in [0.2, 0.25) is 0 Å². The van der Waals surface area contributed by atoms with Crippen LogP contribution >= 0.6 is 0 Å². The molecule has 0 aliphatic carbocycles. The molecular weight excluding hydrogens is 404 g/mol. The third kappa shape index (κ3) is 6.28. The zero-order valence-electron chi connectivity index (χ0n) is 15.5. The Morgan fingerprint density at radius 2 is 1.79 bits per heavy atom. The number of ether oxygens (including phenoxy) is 1. The predicted molar refractivity (Wildman–Crippen MR) is 101 cm³/mol. The maximum absolute atomic E-state index is 12.3. The third-order valence-corrected chi connectivity index (χ3v) is 4.64. The first-order valence-electron chi connectivity index (χ1n) is 8.35. The minimum Gasteiger partial charge on any atom is -0.462 e. The van der Waals surface area contributed by atoms with Crippen molar-refractivity contribution in [2.24, 2.45) is 0 Å². The van der Waals surface area contributed by atoms with E-state index in [4.69, 9.17) is 8.92 Å². The summed E-state index contributed by atoms with van der Waals surface area (Å²) in [6.45, 7) is 3.05. The Labute approximate surface area is 166 Å². The van der Waals surface area contributed by atoms with E-state index in [1.54, 1.807) is 13.8 Å². The largest absolute Gasteiger partial charge is 0.462 e. The lowest BCUT2D eigenvalue weighted by atomic mass is 10.2. The fraction of sp³-hybridized carbons (Fsp3) is 0.222. The Bertz CT molecular complexity index is 1020. The van der Waals surface area contributed by atoms with E-state index in [9.17, 15) is 28.1 Å². The Hall–Kier alpha value is -3.47. The van der Waals surface area contributed by atoms with Crippen molar-refractivity contribution in [3.8, 4) is 5.75 Å². The number of hydrogen-bond acceptors (Lipinski definition) is 8. The summed E-state index contributed by atoms with van der Waals surface area (Å²) >= 11 is 0. The van der Waals surface area contributed by atoms with Gasteiger partial charge in [-0.1, -0.05) is 6.07 Å². The molecule has 0 fully saturated rings. The standard InChI is InChI=1S/C18H18N2O8S/c1-12(2)27-17(21)11-19-18(22)13-6-8-15(9-7-13)28-29(25,26)16-5-3-4-14(10-16)20(23)24/h3-10,12H,11H2,1-2H3,(H,19,22). The zero-order chi connectivity index (χ0) is 21.6. The molecule has 0 saturated heterocycles. The van der Waals surface area contributed by atoms with Crippen molar-refractivity contribution in [3.05, 3.63) is 64.2 Å². The minimum atomic E-state index is -4.30. The molecule has 0 saturated carbocycles. The molecule has 0 aliphatic heterocycles. The molecule has 29 heavy (non-hydrogen) atoms. The summed E-state index contributed by atoms with van der Waals surface area (Å²) in [5.41, 5.74) is -0.222. The predicted octanol–water partition coefficient (Wildman–Crippen LogP) is 2.04. The molecule has 0 bridgehead atoms. The maximum Gasteiger partial charge on any atom is 0.339 e. The molecule has 0 aromatic heterocycles. The average molecular weight is 422 g/mol. The Balaban J connectivity index is 2.04. The fourth-order valence-corrected chi connectivity index (χ4v) is 3.12. The van der Waals surface area contributed by atoms with Gasteiger partial charge in [-0.25, -0.2) is 0 Å². The molecule has 154 valence electrons. The van der Waals surface area contributed by atoms with Crippen LogP contribution in [0.2, 0.25) is 0 Å². The van der Waals surface area contributed by atoms with E-state index >= 15 is 0 Å². The maximum atomic E-state index is 12.3. The highest BCUT2D eigenvalue weighted by molar-refractivity contribution is 7.87. The van der Waals surface area contributed by atoms with Gasteiger partial charge in [-0.15, -0.1) is 0 Å².